The summed E-state index contributed by atoms with van der Waals surface area (Å²) in [7, 11) is 0. The van der Waals surface area contributed by atoms with Crippen LogP contribution in [0.3, 0.4) is 0 Å². The van der Waals surface area contributed by atoms with Gasteiger partial charge in [-0.05, 0) is 19.9 Å². The van der Waals surface area contributed by atoms with Crippen molar-refractivity contribution in [2.75, 3.05) is 5.32 Å². The van der Waals surface area contributed by atoms with Gasteiger partial charge in [-0.25, -0.2) is 0 Å². The molecule has 0 spiro atoms. The lowest BCUT2D eigenvalue weighted by atomic mass is 10.3. The molecule has 0 aliphatic carbocycles. The number of furan rings is 1. The van der Waals surface area contributed by atoms with Crippen LogP contribution in [0.15, 0.2) is 10.5 Å². The number of aromatic nitrogens is 2. The largest absolute Gasteiger partial charge is 0.456 e. The van der Waals surface area contributed by atoms with E-state index in [4.69, 9.17) is 16.0 Å². The molecule has 5 nitrogen and oxygen atoms in total. The van der Waals surface area contributed by atoms with Gasteiger partial charge < -0.3 is 4.42 Å². The smallest absolute Gasteiger partial charge is 0.293 e. The highest BCUT2D eigenvalue weighted by molar-refractivity contribution is 7.15. The van der Waals surface area contributed by atoms with Gasteiger partial charge in [-0.15, -0.1) is 21.8 Å². The van der Waals surface area contributed by atoms with E-state index in [0.717, 1.165) is 10.6 Å². The van der Waals surface area contributed by atoms with Crippen LogP contribution < -0.4 is 5.32 Å². The third-order valence-electron chi connectivity index (χ3n) is 2.13. The third-order valence-corrected chi connectivity index (χ3v) is 3.18. The molecule has 0 atom stereocenters. The van der Waals surface area contributed by atoms with Crippen molar-refractivity contribution in [2.24, 2.45) is 0 Å². The number of halogens is 1. The number of nitrogens with zero attached hydrogens (tertiary/aromatic N) is 2. The van der Waals surface area contributed by atoms with Crippen LogP contribution in [-0.4, -0.2) is 16.1 Å². The van der Waals surface area contributed by atoms with Gasteiger partial charge in [0.1, 0.15) is 10.8 Å². The van der Waals surface area contributed by atoms with Gasteiger partial charge >= 0.3 is 0 Å². The number of nitrogens with one attached hydrogen (secondary N) is 1. The molecule has 0 aliphatic heterocycles. The fraction of sp³-hybridized carbons (Fsp3) is 0.300. The molecule has 0 bridgehead atoms. The first-order valence-corrected chi connectivity index (χ1v) is 6.22. The molecule has 2 heterocycles. The summed E-state index contributed by atoms with van der Waals surface area (Å²) in [6.07, 6.45) is 0. The normalized spacial score (nSPS) is 10.5. The predicted molar refractivity (Wildman–Crippen MR) is 65.6 cm³/mol. The number of hydrogen-bond acceptors (Lipinski definition) is 5. The minimum Gasteiger partial charge on any atom is -0.456 e. The highest BCUT2D eigenvalue weighted by Crippen LogP contribution is 2.19. The van der Waals surface area contributed by atoms with Crippen LogP contribution in [0.2, 0.25) is 0 Å². The van der Waals surface area contributed by atoms with Crippen LogP contribution in [0.1, 0.15) is 26.9 Å². The molecule has 2 aromatic rings. The summed E-state index contributed by atoms with van der Waals surface area (Å²) in [5, 5.41) is 11.5. The van der Waals surface area contributed by atoms with Gasteiger partial charge in [0.25, 0.3) is 5.91 Å². The Morgan fingerprint density at radius 3 is 2.82 bits per heavy atom. The monoisotopic (exact) mass is 271 g/mol. The molecule has 0 saturated heterocycles. The van der Waals surface area contributed by atoms with E-state index in [1.54, 1.807) is 13.0 Å². The number of carbonyl (C=O) groups excluding carboxylic acids is 1. The highest BCUT2D eigenvalue weighted by atomic mass is 35.5. The summed E-state index contributed by atoms with van der Waals surface area (Å²) in [4.78, 5) is 11.8. The first-order valence-electron chi connectivity index (χ1n) is 4.87. The van der Waals surface area contributed by atoms with Crippen LogP contribution in [-0.2, 0) is 5.88 Å². The zero-order valence-corrected chi connectivity index (χ0v) is 10.9. The van der Waals surface area contributed by atoms with Crippen molar-refractivity contribution >= 4 is 34.0 Å². The molecular formula is C10H10ClN3O2S. The van der Waals surface area contributed by atoms with Crippen molar-refractivity contribution in [3.8, 4) is 0 Å². The summed E-state index contributed by atoms with van der Waals surface area (Å²) in [5.74, 6) is 0.853. The Morgan fingerprint density at radius 1 is 1.53 bits per heavy atom. The van der Waals surface area contributed by atoms with E-state index < -0.39 is 0 Å². The molecule has 0 radical (unpaired) electrons. The SMILES string of the molecule is Cc1nnc(NC(=O)c2cc(CCl)c(C)o2)s1. The third kappa shape index (κ3) is 2.65. The van der Waals surface area contributed by atoms with Gasteiger partial charge in [-0.3, -0.25) is 10.1 Å². The summed E-state index contributed by atoms with van der Waals surface area (Å²) < 4.78 is 5.31. The first-order chi connectivity index (χ1) is 8.10. The fourth-order valence-electron chi connectivity index (χ4n) is 1.27. The summed E-state index contributed by atoms with van der Waals surface area (Å²) >= 11 is 7.01. The zero-order valence-electron chi connectivity index (χ0n) is 9.28. The Labute approximate surface area is 107 Å². The number of carbonyl (C=O) groups is 1. The Kier molecular flexibility index (Phi) is 3.44. The molecule has 0 saturated carbocycles. The second-order valence-corrected chi connectivity index (χ2v) is 4.85. The number of alkyl halides is 1. The number of hydrogen-bond donors (Lipinski definition) is 1. The average Bonchev–Trinajstić information content (AvgIpc) is 2.85. The zero-order chi connectivity index (χ0) is 12.4. The first kappa shape index (κ1) is 12.1. The molecule has 0 aromatic carbocycles. The van der Waals surface area contributed by atoms with E-state index in [1.807, 2.05) is 6.92 Å². The topological polar surface area (TPSA) is 68.0 Å². The number of anilines is 1. The second-order valence-electron chi connectivity index (χ2n) is 3.41. The minimum absolute atomic E-state index is 0.228. The maximum absolute atomic E-state index is 11.8. The maximum Gasteiger partial charge on any atom is 0.293 e. The molecular weight excluding hydrogens is 262 g/mol. The van der Waals surface area contributed by atoms with Crippen LogP contribution in [0.25, 0.3) is 0 Å². The Balaban J connectivity index is 2.14. The van der Waals surface area contributed by atoms with Crippen molar-refractivity contribution in [3.63, 3.8) is 0 Å². The van der Waals surface area contributed by atoms with Gasteiger partial charge in [0.15, 0.2) is 5.76 Å². The molecule has 2 aromatic heterocycles. The fourth-order valence-corrected chi connectivity index (χ4v) is 2.12. The number of amides is 1. The Morgan fingerprint density at radius 2 is 2.29 bits per heavy atom. The molecule has 0 aliphatic rings. The lowest BCUT2D eigenvalue weighted by molar-refractivity contribution is 0.0995. The number of rotatable bonds is 3. The van der Waals surface area contributed by atoms with E-state index in [9.17, 15) is 4.79 Å². The van der Waals surface area contributed by atoms with Crippen molar-refractivity contribution in [1.29, 1.82) is 0 Å². The number of aryl methyl sites for hydroxylation is 2. The van der Waals surface area contributed by atoms with Gasteiger partial charge in [0, 0.05) is 5.56 Å². The van der Waals surface area contributed by atoms with Crippen LogP contribution in [0, 0.1) is 13.8 Å². The van der Waals surface area contributed by atoms with E-state index >= 15 is 0 Å². The van der Waals surface area contributed by atoms with Crippen molar-refractivity contribution in [2.45, 2.75) is 19.7 Å². The van der Waals surface area contributed by atoms with Gasteiger partial charge in [-0.1, -0.05) is 11.3 Å². The minimum atomic E-state index is -0.347. The Hall–Kier alpha value is -1.40. The van der Waals surface area contributed by atoms with Crippen molar-refractivity contribution in [3.05, 3.63) is 28.2 Å². The van der Waals surface area contributed by atoms with Crippen LogP contribution in [0.5, 0.6) is 0 Å². The molecule has 0 fully saturated rings. The molecule has 2 rings (SSSR count). The molecule has 0 unspecified atom stereocenters. The standard InChI is InChI=1S/C10H10ClN3O2S/c1-5-7(4-11)3-8(16-5)9(15)12-10-14-13-6(2)17-10/h3H,4H2,1-2H3,(H,12,14,15). The summed E-state index contributed by atoms with van der Waals surface area (Å²) in [6.45, 7) is 3.58. The van der Waals surface area contributed by atoms with E-state index in [2.05, 4.69) is 15.5 Å². The highest BCUT2D eigenvalue weighted by Gasteiger charge is 2.15. The quantitative estimate of drug-likeness (QED) is 0.872. The molecule has 90 valence electrons. The molecule has 7 heteroatoms. The van der Waals surface area contributed by atoms with Crippen molar-refractivity contribution < 1.29 is 9.21 Å². The van der Waals surface area contributed by atoms with Crippen molar-refractivity contribution in [1.82, 2.24) is 10.2 Å². The maximum atomic E-state index is 11.8. The predicted octanol–water partition coefficient (Wildman–Crippen LogP) is 2.74. The average molecular weight is 272 g/mol. The van der Waals surface area contributed by atoms with Gasteiger partial charge in [-0.2, -0.15) is 0 Å². The van der Waals surface area contributed by atoms with E-state index in [-0.39, 0.29) is 11.7 Å². The van der Waals surface area contributed by atoms with E-state index in [1.165, 1.54) is 11.3 Å². The van der Waals surface area contributed by atoms with Gasteiger partial charge in [0.2, 0.25) is 5.13 Å². The summed E-state index contributed by atoms with van der Waals surface area (Å²) in [6, 6.07) is 1.63. The van der Waals surface area contributed by atoms with E-state index in [0.29, 0.717) is 16.8 Å². The Bertz CT molecular complexity index is 549. The molecule has 1 N–H and O–H groups in total. The second kappa shape index (κ2) is 4.85. The van der Waals surface area contributed by atoms with Crippen LogP contribution >= 0.6 is 22.9 Å². The summed E-state index contributed by atoms with van der Waals surface area (Å²) in [5.41, 5.74) is 0.810. The molecule has 1 amide bonds. The molecule has 17 heavy (non-hydrogen) atoms. The van der Waals surface area contributed by atoms with Gasteiger partial charge in [0.05, 0.1) is 5.88 Å². The van der Waals surface area contributed by atoms with Crippen LogP contribution in [0.4, 0.5) is 5.13 Å². The lowest BCUT2D eigenvalue weighted by Gasteiger charge is -1.95. The lowest BCUT2D eigenvalue weighted by Crippen LogP contribution is -2.10.